The lowest BCUT2D eigenvalue weighted by Gasteiger charge is -2.28. The number of nitrogens with zero attached hydrogens (tertiary/aromatic N) is 3. The Kier molecular flexibility index (Phi) is 10.2. The topological polar surface area (TPSA) is 40.1 Å². The molecule has 0 amide bonds. The summed E-state index contributed by atoms with van der Waals surface area (Å²) in [6, 6.07) is 14.8. The summed E-state index contributed by atoms with van der Waals surface area (Å²) in [6.07, 6.45) is 0. The van der Waals surface area contributed by atoms with E-state index in [1.165, 1.54) is 17.7 Å². The molecular formula is C21H30FIN4O. The Labute approximate surface area is 184 Å². The van der Waals surface area contributed by atoms with Crippen molar-refractivity contribution in [1.82, 2.24) is 15.1 Å². The van der Waals surface area contributed by atoms with Crippen LogP contribution in [0.1, 0.15) is 17.2 Å². The molecular weight excluding hydrogens is 470 g/mol. The van der Waals surface area contributed by atoms with E-state index in [0.717, 1.165) is 17.3 Å². The number of methoxy groups -OCH3 is 1. The van der Waals surface area contributed by atoms with Crippen molar-refractivity contribution >= 4 is 29.9 Å². The normalized spacial score (nSPS) is 12.3. The van der Waals surface area contributed by atoms with Gasteiger partial charge in [0.05, 0.1) is 13.2 Å². The number of hydrogen-bond donors (Lipinski definition) is 1. The summed E-state index contributed by atoms with van der Waals surface area (Å²) in [7, 11) is 9.51. The first-order chi connectivity index (χ1) is 12.9. The van der Waals surface area contributed by atoms with Crippen LogP contribution in [-0.2, 0) is 6.54 Å². The molecule has 154 valence electrons. The average molecular weight is 500 g/mol. The molecule has 5 nitrogen and oxygen atoms in total. The molecule has 0 aliphatic rings. The van der Waals surface area contributed by atoms with Gasteiger partial charge in [0.15, 0.2) is 5.96 Å². The maximum Gasteiger partial charge on any atom is 0.193 e. The zero-order valence-electron chi connectivity index (χ0n) is 17.1. The van der Waals surface area contributed by atoms with E-state index in [1.54, 1.807) is 26.3 Å². The molecule has 0 radical (unpaired) electrons. The molecule has 1 unspecified atom stereocenters. The van der Waals surface area contributed by atoms with E-state index in [9.17, 15) is 4.39 Å². The van der Waals surface area contributed by atoms with Gasteiger partial charge in [0.1, 0.15) is 11.6 Å². The molecule has 0 fully saturated rings. The van der Waals surface area contributed by atoms with Crippen LogP contribution >= 0.6 is 24.0 Å². The van der Waals surface area contributed by atoms with Gasteiger partial charge in [-0.1, -0.05) is 24.3 Å². The quantitative estimate of drug-likeness (QED) is 0.357. The Balaban J connectivity index is 0.00000392. The van der Waals surface area contributed by atoms with Crippen LogP contribution in [0.25, 0.3) is 0 Å². The number of hydrogen-bond acceptors (Lipinski definition) is 3. The standard InChI is InChI=1S/C21H29FN4O.HI/c1-23-21(26(4)15-16-9-11-18(22)12-10-16)24-14-20(25(2)3)17-7-6-8-19(13-17)27-5;/h6-13,20H,14-15H2,1-5H3,(H,23,24);1H. The van der Waals surface area contributed by atoms with Crippen LogP contribution in [0, 0.1) is 5.82 Å². The lowest BCUT2D eigenvalue weighted by molar-refractivity contribution is 0.294. The first-order valence-electron chi connectivity index (χ1n) is 8.91. The van der Waals surface area contributed by atoms with Gasteiger partial charge in [-0.15, -0.1) is 24.0 Å². The number of aliphatic imine (C=N–C) groups is 1. The molecule has 0 saturated carbocycles. The maximum absolute atomic E-state index is 13.1. The van der Waals surface area contributed by atoms with Crippen LogP contribution in [0.2, 0.25) is 0 Å². The molecule has 0 aliphatic carbocycles. The molecule has 7 heteroatoms. The highest BCUT2D eigenvalue weighted by molar-refractivity contribution is 14.0. The number of likely N-dealkylation sites (N-methyl/N-ethyl adjacent to an activating group) is 1. The van der Waals surface area contributed by atoms with Crippen molar-refractivity contribution in [2.24, 2.45) is 4.99 Å². The molecule has 0 saturated heterocycles. The summed E-state index contributed by atoms with van der Waals surface area (Å²) in [5.74, 6) is 1.40. The Morgan fingerprint density at radius 3 is 2.39 bits per heavy atom. The van der Waals surface area contributed by atoms with Crippen LogP contribution < -0.4 is 10.1 Å². The van der Waals surface area contributed by atoms with E-state index < -0.39 is 0 Å². The van der Waals surface area contributed by atoms with E-state index in [4.69, 9.17) is 4.74 Å². The fourth-order valence-corrected chi connectivity index (χ4v) is 2.96. The number of rotatable bonds is 7. The third kappa shape index (κ3) is 6.94. The van der Waals surface area contributed by atoms with Crippen LogP contribution in [0.4, 0.5) is 4.39 Å². The van der Waals surface area contributed by atoms with Gasteiger partial charge in [-0.2, -0.15) is 0 Å². The molecule has 1 N–H and O–H groups in total. The van der Waals surface area contributed by atoms with Crippen LogP contribution in [0.5, 0.6) is 5.75 Å². The predicted molar refractivity (Wildman–Crippen MR) is 124 cm³/mol. The fourth-order valence-electron chi connectivity index (χ4n) is 2.96. The van der Waals surface area contributed by atoms with Crippen molar-refractivity contribution < 1.29 is 9.13 Å². The summed E-state index contributed by atoms with van der Waals surface area (Å²) in [5.41, 5.74) is 2.20. The molecule has 28 heavy (non-hydrogen) atoms. The zero-order valence-corrected chi connectivity index (χ0v) is 19.5. The minimum absolute atomic E-state index is 0. The molecule has 0 aliphatic heterocycles. The van der Waals surface area contributed by atoms with Gasteiger partial charge < -0.3 is 19.9 Å². The van der Waals surface area contributed by atoms with E-state index in [2.05, 4.69) is 41.4 Å². The smallest absolute Gasteiger partial charge is 0.193 e. The van der Waals surface area contributed by atoms with Gasteiger partial charge in [0.2, 0.25) is 0 Å². The van der Waals surface area contributed by atoms with Gasteiger partial charge in [-0.05, 0) is 49.5 Å². The van der Waals surface area contributed by atoms with Crippen molar-refractivity contribution in [1.29, 1.82) is 0 Å². The van der Waals surface area contributed by atoms with E-state index in [-0.39, 0.29) is 35.8 Å². The van der Waals surface area contributed by atoms with Crippen molar-refractivity contribution in [2.45, 2.75) is 12.6 Å². The second kappa shape index (κ2) is 11.9. The minimum atomic E-state index is -0.226. The molecule has 1 atom stereocenters. The SMILES string of the molecule is CN=C(NCC(c1cccc(OC)c1)N(C)C)N(C)Cc1ccc(F)cc1.I. The summed E-state index contributed by atoms with van der Waals surface area (Å²) in [6.45, 7) is 1.34. The van der Waals surface area contributed by atoms with Gasteiger partial charge in [0, 0.05) is 27.2 Å². The lowest BCUT2D eigenvalue weighted by Crippen LogP contribution is -2.42. The van der Waals surface area contributed by atoms with Gasteiger partial charge in [0.25, 0.3) is 0 Å². The fraction of sp³-hybridized carbons (Fsp3) is 0.381. The lowest BCUT2D eigenvalue weighted by atomic mass is 10.1. The molecule has 0 aromatic heterocycles. The highest BCUT2D eigenvalue weighted by atomic mass is 127. The Bertz CT molecular complexity index is 752. The molecule has 0 spiro atoms. The Hall–Kier alpha value is -1.87. The van der Waals surface area contributed by atoms with Gasteiger partial charge in [-0.25, -0.2) is 4.39 Å². The molecule has 2 aromatic rings. The third-order valence-electron chi connectivity index (χ3n) is 4.46. The largest absolute Gasteiger partial charge is 0.497 e. The summed E-state index contributed by atoms with van der Waals surface area (Å²) >= 11 is 0. The molecule has 0 bridgehead atoms. The summed E-state index contributed by atoms with van der Waals surface area (Å²) in [5, 5.41) is 3.44. The highest BCUT2D eigenvalue weighted by Gasteiger charge is 2.16. The average Bonchev–Trinajstić information content (AvgIpc) is 2.66. The monoisotopic (exact) mass is 500 g/mol. The Morgan fingerprint density at radius 2 is 1.82 bits per heavy atom. The van der Waals surface area contributed by atoms with Crippen LogP contribution in [-0.4, -0.2) is 57.6 Å². The van der Waals surface area contributed by atoms with E-state index in [0.29, 0.717) is 13.1 Å². The molecule has 2 rings (SSSR count). The predicted octanol–water partition coefficient (Wildman–Crippen LogP) is 3.76. The second-order valence-electron chi connectivity index (χ2n) is 6.67. The third-order valence-corrected chi connectivity index (χ3v) is 4.46. The van der Waals surface area contributed by atoms with Crippen molar-refractivity contribution in [2.75, 3.05) is 41.8 Å². The number of ether oxygens (including phenoxy) is 1. The second-order valence-corrected chi connectivity index (χ2v) is 6.67. The van der Waals surface area contributed by atoms with Crippen molar-refractivity contribution in [3.8, 4) is 5.75 Å². The molecule has 0 heterocycles. The number of halogens is 2. The summed E-state index contributed by atoms with van der Waals surface area (Å²) < 4.78 is 18.4. The van der Waals surface area contributed by atoms with Crippen LogP contribution in [0.15, 0.2) is 53.5 Å². The van der Waals surface area contributed by atoms with Gasteiger partial charge >= 0.3 is 0 Å². The Morgan fingerprint density at radius 1 is 1.14 bits per heavy atom. The number of nitrogens with one attached hydrogen (secondary N) is 1. The highest BCUT2D eigenvalue weighted by Crippen LogP contribution is 2.22. The minimum Gasteiger partial charge on any atom is -0.497 e. The van der Waals surface area contributed by atoms with E-state index in [1.807, 2.05) is 24.1 Å². The van der Waals surface area contributed by atoms with E-state index >= 15 is 0 Å². The maximum atomic E-state index is 13.1. The first-order valence-corrected chi connectivity index (χ1v) is 8.91. The van der Waals surface area contributed by atoms with Crippen molar-refractivity contribution in [3.05, 3.63) is 65.5 Å². The first kappa shape index (κ1) is 24.2. The zero-order chi connectivity index (χ0) is 19.8. The summed E-state index contributed by atoms with van der Waals surface area (Å²) in [4.78, 5) is 8.56. The van der Waals surface area contributed by atoms with Gasteiger partial charge in [-0.3, -0.25) is 4.99 Å². The number of benzene rings is 2. The van der Waals surface area contributed by atoms with Crippen molar-refractivity contribution in [3.63, 3.8) is 0 Å². The van der Waals surface area contributed by atoms with Crippen LogP contribution in [0.3, 0.4) is 0 Å². The number of guanidine groups is 1. The molecule has 2 aromatic carbocycles.